The Hall–Kier alpha value is -3.38. The lowest BCUT2D eigenvalue weighted by atomic mass is 10.1. The van der Waals surface area contributed by atoms with Crippen molar-refractivity contribution in [2.45, 2.75) is 20.1 Å². The maximum absolute atomic E-state index is 5.92. The van der Waals surface area contributed by atoms with E-state index in [0.29, 0.717) is 29.8 Å². The zero-order valence-corrected chi connectivity index (χ0v) is 17.9. The minimum atomic E-state index is 0.458. The molecule has 0 aliphatic heterocycles. The molecule has 0 radical (unpaired) electrons. The minimum Gasteiger partial charge on any atom is -0.493 e. The second-order valence-electron chi connectivity index (χ2n) is 6.73. The molecule has 3 rings (SSSR count). The van der Waals surface area contributed by atoms with Gasteiger partial charge in [-0.2, -0.15) is 5.10 Å². The molecular weight excluding hydrogens is 394 g/mol. The van der Waals surface area contributed by atoms with Crippen molar-refractivity contribution in [3.8, 4) is 11.5 Å². The van der Waals surface area contributed by atoms with Crippen LogP contribution in [0.5, 0.6) is 11.5 Å². The Labute approximate surface area is 182 Å². The largest absolute Gasteiger partial charge is 0.493 e. The van der Waals surface area contributed by atoms with Gasteiger partial charge in [0.2, 0.25) is 0 Å². The average Bonchev–Trinajstić information content (AvgIpc) is 2.77. The summed E-state index contributed by atoms with van der Waals surface area (Å²) in [5.74, 6) is 1.33. The maximum atomic E-state index is 5.92. The van der Waals surface area contributed by atoms with Crippen LogP contribution in [0.3, 0.4) is 0 Å². The van der Waals surface area contributed by atoms with Gasteiger partial charge in [0, 0.05) is 6.54 Å². The molecule has 0 saturated heterocycles. The van der Waals surface area contributed by atoms with Crippen LogP contribution in [0.15, 0.2) is 77.9 Å². The Kier molecular flexibility index (Phi) is 7.80. The Morgan fingerprint density at radius 2 is 1.77 bits per heavy atom. The number of thiocarbonyl (C=S) groups is 1. The van der Waals surface area contributed by atoms with Gasteiger partial charge < -0.3 is 14.8 Å². The van der Waals surface area contributed by atoms with E-state index in [0.717, 1.165) is 16.7 Å². The van der Waals surface area contributed by atoms with Crippen LogP contribution in [0.2, 0.25) is 0 Å². The molecule has 2 N–H and O–H groups in total. The molecule has 0 aliphatic rings. The first-order chi connectivity index (χ1) is 14.6. The van der Waals surface area contributed by atoms with Gasteiger partial charge in [-0.25, -0.2) is 0 Å². The third-order valence-electron chi connectivity index (χ3n) is 4.34. The standard InChI is InChI=1S/C24H25N3O2S/c1-18-7-6-10-21(13-18)17-29-22-12-11-20(14-23(22)28-2)16-26-27-24(30)25-15-19-8-4-3-5-9-19/h3-14,16H,15,17H2,1-2H3,(H2,25,27,30)/b26-16+. The minimum absolute atomic E-state index is 0.458. The van der Waals surface area contributed by atoms with Gasteiger partial charge >= 0.3 is 0 Å². The van der Waals surface area contributed by atoms with Crippen LogP contribution in [0.4, 0.5) is 0 Å². The molecule has 0 bridgehead atoms. The first-order valence-electron chi connectivity index (χ1n) is 9.61. The molecular formula is C24H25N3O2S. The SMILES string of the molecule is COc1cc(/C=N/NC(=S)NCc2ccccc2)ccc1OCc1cccc(C)c1. The topological polar surface area (TPSA) is 54.9 Å². The summed E-state index contributed by atoms with van der Waals surface area (Å²) < 4.78 is 11.4. The fourth-order valence-corrected chi connectivity index (χ4v) is 2.95. The fourth-order valence-electron chi connectivity index (χ4n) is 2.83. The van der Waals surface area contributed by atoms with Gasteiger partial charge in [-0.3, -0.25) is 5.43 Å². The van der Waals surface area contributed by atoms with Crippen molar-refractivity contribution in [2.24, 2.45) is 5.10 Å². The Morgan fingerprint density at radius 3 is 2.53 bits per heavy atom. The summed E-state index contributed by atoms with van der Waals surface area (Å²) in [5, 5.41) is 7.76. The predicted molar refractivity (Wildman–Crippen MR) is 125 cm³/mol. The van der Waals surface area contributed by atoms with Crippen LogP contribution in [-0.2, 0) is 13.2 Å². The van der Waals surface area contributed by atoms with Crippen LogP contribution < -0.4 is 20.2 Å². The number of hydrazone groups is 1. The van der Waals surface area contributed by atoms with Crippen LogP contribution >= 0.6 is 12.2 Å². The number of rotatable bonds is 8. The molecule has 0 amide bonds. The third kappa shape index (κ3) is 6.60. The van der Waals surface area contributed by atoms with E-state index in [1.165, 1.54) is 5.56 Å². The van der Waals surface area contributed by atoms with E-state index in [1.807, 2.05) is 60.7 Å². The van der Waals surface area contributed by atoms with Crippen LogP contribution in [0.25, 0.3) is 0 Å². The third-order valence-corrected chi connectivity index (χ3v) is 4.58. The van der Waals surface area contributed by atoms with Crippen molar-refractivity contribution in [1.82, 2.24) is 10.7 Å². The first-order valence-corrected chi connectivity index (χ1v) is 10.0. The van der Waals surface area contributed by atoms with Gasteiger partial charge in [-0.1, -0.05) is 60.2 Å². The zero-order valence-electron chi connectivity index (χ0n) is 17.1. The maximum Gasteiger partial charge on any atom is 0.187 e. The summed E-state index contributed by atoms with van der Waals surface area (Å²) in [7, 11) is 1.62. The molecule has 0 aromatic heterocycles. The van der Waals surface area contributed by atoms with Gasteiger partial charge in [-0.05, 0) is 54.0 Å². The number of nitrogens with one attached hydrogen (secondary N) is 2. The molecule has 0 aliphatic carbocycles. The summed E-state index contributed by atoms with van der Waals surface area (Å²) in [6, 6.07) is 23.9. The lowest BCUT2D eigenvalue weighted by Gasteiger charge is -2.12. The summed E-state index contributed by atoms with van der Waals surface area (Å²) in [4.78, 5) is 0. The van der Waals surface area contributed by atoms with E-state index in [4.69, 9.17) is 21.7 Å². The quantitative estimate of drug-likeness (QED) is 0.318. The van der Waals surface area contributed by atoms with E-state index >= 15 is 0 Å². The normalized spacial score (nSPS) is 10.6. The van der Waals surface area contributed by atoms with Crippen LogP contribution in [-0.4, -0.2) is 18.4 Å². The predicted octanol–water partition coefficient (Wildman–Crippen LogP) is 4.58. The highest BCUT2D eigenvalue weighted by Gasteiger charge is 2.06. The Morgan fingerprint density at radius 1 is 0.967 bits per heavy atom. The van der Waals surface area contributed by atoms with Gasteiger partial charge in [0.1, 0.15) is 6.61 Å². The zero-order chi connectivity index (χ0) is 21.2. The molecule has 3 aromatic rings. The number of methoxy groups -OCH3 is 1. The lowest BCUT2D eigenvalue weighted by molar-refractivity contribution is 0.284. The number of hydrogen-bond acceptors (Lipinski definition) is 4. The van der Waals surface area contributed by atoms with E-state index in [2.05, 4.69) is 34.9 Å². The monoisotopic (exact) mass is 419 g/mol. The highest BCUT2D eigenvalue weighted by Crippen LogP contribution is 2.28. The van der Waals surface area contributed by atoms with Crippen LogP contribution in [0, 0.1) is 6.92 Å². The van der Waals surface area contributed by atoms with E-state index < -0.39 is 0 Å². The molecule has 6 heteroatoms. The number of ether oxygens (including phenoxy) is 2. The highest BCUT2D eigenvalue weighted by molar-refractivity contribution is 7.80. The molecule has 0 spiro atoms. The van der Waals surface area contributed by atoms with Crippen molar-refractivity contribution in [1.29, 1.82) is 0 Å². The Bertz CT molecular complexity index is 1010. The summed E-state index contributed by atoms with van der Waals surface area (Å²) in [6.45, 7) is 3.19. The average molecular weight is 420 g/mol. The second kappa shape index (κ2) is 11.0. The molecule has 0 heterocycles. The summed E-state index contributed by atoms with van der Waals surface area (Å²) in [6.07, 6.45) is 1.68. The molecule has 0 fully saturated rings. The molecule has 0 saturated carbocycles. The summed E-state index contributed by atoms with van der Waals surface area (Å²) in [5.41, 5.74) is 7.16. The first kappa shape index (κ1) is 21.3. The summed E-state index contributed by atoms with van der Waals surface area (Å²) >= 11 is 5.25. The Balaban J connectivity index is 1.52. The van der Waals surface area contributed by atoms with Crippen LogP contribution in [0.1, 0.15) is 22.3 Å². The fraction of sp³-hybridized carbons (Fsp3) is 0.167. The van der Waals surface area contributed by atoms with E-state index in [9.17, 15) is 0 Å². The molecule has 154 valence electrons. The molecule has 0 atom stereocenters. The molecule has 3 aromatic carbocycles. The highest BCUT2D eigenvalue weighted by atomic mass is 32.1. The number of aryl methyl sites for hydroxylation is 1. The van der Waals surface area contributed by atoms with Crippen molar-refractivity contribution >= 4 is 23.5 Å². The van der Waals surface area contributed by atoms with E-state index in [1.54, 1.807) is 13.3 Å². The molecule has 30 heavy (non-hydrogen) atoms. The molecule has 0 unspecified atom stereocenters. The van der Waals surface area contributed by atoms with E-state index in [-0.39, 0.29) is 0 Å². The smallest absolute Gasteiger partial charge is 0.187 e. The van der Waals surface area contributed by atoms with Crippen molar-refractivity contribution in [2.75, 3.05) is 7.11 Å². The van der Waals surface area contributed by atoms with Gasteiger partial charge in [-0.15, -0.1) is 0 Å². The second-order valence-corrected chi connectivity index (χ2v) is 7.13. The molecule has 5 nitrogen and oxygen atoms in total. The number of benzene rings is 3. The van der Waals surface area contributed by atoms with Gasteiger partial charge in [0.05, 0.1) is 13.3 Å². The lowest BCUT2D eigenvalue weighted by Crippen LogP contribution is -2.31. The van der Waals surface area contributed by atoms with Crippen molar-refractivity contribution in [3.05, 3.63) is 95.1 Å². The van der Waals surface area contributed by atoms with Gasteiger partial charge in [0.25, 0.3) is 0 Å². The van der Waals surface area contributed by atoms with Crippen molar-refractivity contribution in [3.63, 3.8) is 0 Å². The van der Waals surface area contributed by atoms with Gasteiger partial charge in [0.15, 0.2) is 16.6 Å². The number of hydrogen-bond donors (Lipinski definition) is 2. The van der Waals surface area contributed by atoms with Crippen molar-refractivity contribution < 1.29 is 9.47 Å². The number of nitrogens with zero attached hydrogens (tertiary/aromatic N) is 1.